The first-order valence-electron chi connectivity index (χ1n) is 5.18. The number of H-pyrrole nitrogens is 1. The van der Waals surface area contributed by atoms with Gasteiger partial charge < -0.3 is 15.0 Å². The van der Waals surface area contributed by atoms with E-state index in [4.69, 9.17) is 0 Å². The van der Waals surface area contributed by atoms with E-state index < -0.39 is 22.7 Å². The molecule has 0 aliphatic heterocycles. The molecule has 1 unspecified atom stereocenters. The van der Waals surface area contributed by atoms with Gasteiger partial charge in [0.1, 0.15) is 6.10 Å². The summed E-state index contributed by atoms with van der Waals surface area (Å²) in [7, 11) is 0. The molecule has 0 aliphatic carbocycles. The molecule has 0 saturated heterocycles. The summed E-state index contributed by atoms with van der Waals surface area (Å²) in [5.74, 6) is -1.55. The number of carboxylic acids is 1. The molecule has 8 nitrogen and oxygen atoms in total. The first kappa shape index (κ1) is 12.7. The average Bonchev–Trinajstić information content (AvgIpc) is 2.87. The van der Waals surface area contributed by atoms with Gasteiger partial charge in [0.25, 0.3) is 5.69 Å². The number of carbonyl (C=O) groups is 1. The fraction of sp³-hybridized carbons (Fsp3) is 0.0909. The number of hydrogen-bond donors (Lipinski definition) is 2. The van der Waals surface area contributed by atoms with E-state index in [1.807, 2.05) is 0 Å². The standard InChI is InChI=1S/C11H9N3O5/c15-10(7-5-12-13-9(7)11(16)17)6-3-1-2-4-8(6)14(18)19/h1-5,10,15H,(H,12,13)(H,16,17)/p-1. The van der Waals surface area contributed by atoms with Gasteiger partial charge in [-0.15, -0.1) is 0 Å². The van der Waals surface area contributed by atoms with E-state index >= 15 is 0 Å². The van der Waals surface area contributed by atoms with Crippen LogP contribution in [0.3, 0.4) is 0 Å². The van der Waals surface area contributed by atoms with Crippen molar-refractivity contribution in [3.8, 4) is 0 Å². The van der Waals surface area contributed by atoms with Crippen LogP contribution in [0, 0.1) is 10.1 Å². The summed E-state index contributed by atoms with van der Waals surface area (Å²) < 4.78 is 0. The molecule has 1 aromatic carbocycles. The maximum atomic E-state index is 10.9. The number of aliphatic hydroxyl groups is 1. The summed E-state index contributed by atoms with van der Waals surface area (Å²) >= 11 is 0. The van der Waals surface area contributed by atoms with Crippen LogP contribution in [0.2, 0.25) is 0 Å². The summed E-state index contributed by atoms with van der Waals surface area (Å²) in [5, 5.41) is 37.4. The van der Waals surface area contributed by atoms with Gasteiger partial charge in [0, 0.05) is 11.6 Å². The number of nitrogens with one attached hydrogen (secondary N) is 1. The summed E-state index contributed by atoms with van der Waals surface area (Å²) in [6, 6.07) is 5.51. The van der Waals surface area contributed by atoms with Crippen molar-refractivity contribution in [3.63, 3.8) is 0 Å². The number of benzene rings is 1. The van der Waals surface area contributed by atoms with Gasteiger partial charge in [-0.1, -0.05) is 12.1 Å². The molecule has 0 bridgehead atoms. The molecule has 0 radical (unpaired) electrons. The average molecular weight is 262 g/mol. The number of nitrogens with zero attached hydrogens (tertiary/aromatic N) is 2. The second kappa shape index (κ2) is 4.86. The molecule has 98 valence electrons. The number of aliphatic hydroxyl groups excluding tert-OH is 1. The van der Waals surface area contributed by atoms with Crippen molar-refractivity contribution in [2.24, 2.45) is 0 Å². The van der Waals surface area contributed by atoms with Crippen LogP contribution in [0.15, 0.2) is 30.5 Å². The van der Waals surface area contributed by atoms with Crippen molar-refractivity contribution < 1.29 is 19.9 Å². The highest BCUT2D eigenvalue weighted by atomic mass is 16.6. The Morgan fingerprint density at radius 2 is 2.05 bits per heavy atom. The fourth-order valence-electron chi connectivity index (χ4n) is 1.72. The van der Waals surface area contributed by atoms with Crippen molar-refractivity contribution in [1.29, 1.82) is 0 Å². The van der Waals surface area contributed by atoms with Gasteiger partial charge in [-0.25, -0.2) is 0 Å². The third kappa shape index (κ3) is 2.29. The molecule has 0 fully saturated rings. The van der Waals surface area contributed by atoms with Crippen molar-refractivity contribution in [2.45, 2.75) is 6.10 Å². The first-order chi connectivity index (χ1) is 9.02. The summed E-state index contributed by atoms with van der Waals surface area (Å²) in [6.07, 6.45) is -0.389. The Morgan fingerprint density at radius 1 is 1.37 bits per heavy atom. The minimum absolute atomic E-state index is 0.0172. The van der Waals surface area contributed by atoms with Crippen LogP contribution in [0.25, 0.3) is 0 Å². The predicted octanol–water partition coefficient (Wildman–Crippen LogP) is -0.237. The number of aromatic amines is 1. The number of carboxylic acid groups (broad SMARTS) is 1. The summed E-state index contributed by atoms with van der Waals surface area (Å²) in [4.78, 5) is 21.0. The Balaban J connectivity index is 2.50. The topological polar surface area (TPSA) is 132 Å². The van der Waals surface area contributed by atoms with Gasteiger partial charge in [-0.05, 0) is 6.07 Å². The van der Waals surface area contributed by atoms with E-state index in [2.05, 4.69) is 10.2 Å². The van der Waals surface area contributed by atoms with Crippen LogP contribution in [0.4, 0.5) is 5.69 Å². The number of para-hydroxylation sites is 1. The molecule has 1 atom stereocenters. The van der Waals surface area contributed by atoms with E-state index in [1.54, 1.807) is 0 Å². The first-order valence-corrected chi connectivity index (χ1v) is 5.18. The molecule has 0 aliphatic rings. The minimum atomic E-state index is -1.55. The molecular weight excluding hydrogens is 254 g/mol. The number of aromatic carboxylic acids is 1. The number of rotatable bonds is 4. The van der Waals surface area contributed by atoms with E-state index in [0.29, 0.717) is 0 Å². The van der Waals surface area contributed by atoms with Crippen LogP contribution in [0.1, 0.15) is 27.7 Å². The Kier molecular flexibility index (Phi) is 3.25. The molecular formula is C11H8N3O5-. The highest BCUT2D eigenvalue weighted by Gasteiger charge is 2.24. The molecule has 0 amide bonds. The van der Waals surface area contributed by atoms with Crippen molar-refractivity contribution in [1.82, 2.24) is 10.2 Å². The fourth-order valence-corrected chi connectivity index (χ4v) is 1.72. The lowest BCUT2D eigenvalue weighted by Crippen LogP contribution is -2.24. The lowest BCUT2D eigenvalue weighted by atomic mass is 10.0. The maximum absolute atomic E-state index is 10.9. The monoisotopic (exact) mass is 262 g/mol. The van der Waals surface area contributed by atoms with E-state index in [1.165, 1.54) is 24.3 Å². The SMILES string of the molecule is O=C([O-])c1[nH]ncc1C(O)c1ccccc1[N+](=O)[O-]. The minimum Gasteiger partial charge on any atom is -0.543 e. The van der Waals surface area contributed by atoms with Gasteiger partial charge >= 0.3 is 0 Å². The number of aromatic nitrogens is 2. The lowest BCUT2D eigenvalue weighted by Gasteiger charge is -2.12. The Bertz CT molecular complexity index is 637. The maximum Gasteiger partial charge on any atom is 0.275 e. The molecule has 0 saturated carbocycles. The predicted molar refractivity (Wildman–Crippen MR) is 60.1 cm³/mol. The van der Waals surface area contributed by atoms with Gasteiger partial charge in [-0.2, -0.15) is 5.10 Å². The Morgan fingerprint density at radius 3 is 2.68 bits per heavy atom. The molecule has 1 heterocycles. The molecule has 1 aromatic heterocycles. The number of carbonyl (C=O) groups excluding carboxylic acids is 1. The number of nitro benzene ring substituents is 1. The molecule has 19 heavy (non-hydrogen) atoms. The van der Waals surface area contributed by atoms with Crippen LogP contribution in [-0.4, -0.2) is 26.2 Å². The molecule has 2 aromatic rings. The smallest absolute Gasteiger partial charge is 0.275 e. The summed E-state index contributed by atoms with van der Waals surface area (Å²) in [5.41, 5.74) is -0.822. The molecule has 2 N–H and O–H groups in total. The van der Waals surface area contributed by atoms with Crippen LogP contribution in [-0.2, 0) is 0 Å². The normalized spacial score (nSPS) is 12.1. The second-order valence-corrected chi connectivity index (χ2v) is 3.71. The zero-order valence-electron chi connectivity index (χ0n) is 9.44. The Labute approximate surface area is 106 Å². The molecule has 2 rings (SSSR count). The molecule has 8 heteroatoms. The van der Waals surface area contributed by atoms with E-state index in [-0.39, 0.29) is 16.8 Å². The van der Waals surface area contributed by atoms with Gasteiger partial charge in [0.15, 0.2) is 0 Å². The molecule has 0 spiro atoms. The van der Waals surface area contributed by atoms with Gasteiger partial charge in [0.05, 0.1) is 28.3 Å². The van der Waals surface area contributed by atoms with Crippen LogP contribution >= 0.6 is 0 Å². The van der Waals surface area contributed by atoms with E-state index in [0.717, 1.165) is 6.20 Å². The largest absolute Gasteiger partial charge is 0.543 e. The number of hydrogen-bond acceptors (Lipinski definition) is 6. The van der Waals surface area contributed by atoms with Crippen molar-refractivity contribution in [2.75, 3.05) is 0 Å². The van der Waals surface area contributed by atoms with Crippen LogP contribution in [0.5, 0.6) is 0 Å². The lowest BCUT2D eigenvalue weighted by molar-refractivity contribution is -0.386. The number of nitro groups is 1. The second-order valence-electron chi connectivity index (χ2n) is 3.71. The zero-order chi connectivity index (χ0) is 14.0. The van der Waals surface area contributed by atoms with Crippen molar-refractivity contribution in [3.05, 3.63) is 57.4 Å². The Hall–Kier alpha value is -2.74. The van der Waals surface area contributed by atoms with Crippen molar-refractivity contribution >= 4 is 11.7 Å². The van der Waals surface area contributed by atoms with Crippen LogP contribution < -0.4 is 5.11 Å². The quantitative estimate of drug-likeness (QED) is 0.577. The zero-order valence-corrected chi connectivity index (χ0v) is 9.44. The van der Waals surface area contributed by atoms with Gasteiger partial charge in [-0.3, -0.25) is 15.2 Å². The van der Waals surface area contributed by atoms with E-state index in [9.17, 15) is 25.1 Å². The highest BCUT2D eigenvalue weighted by Crippen LogP contribution is 2.30. The third-order valence-electron chi connectivity index (χ3n) is 2.60. The summed E-state index contributed by atoms with van der Waals surface area (Å²) in [6.45, 7) is 0. The third-order valence-corrected chi connectivity index (χ3v) is 2.60. The highest BCUT2D eigenvalue weighted by molar-refractivity contribution is 5.85. The van der Waals surface area contributed by atoms with Gasteiger partial charge in [0.2, 0.25) is 0 Å².